The van der Waals surface area contributed by atoms with E-state index in [2.05, 4.69) is 4.40 Å². The highest BCUT2D eigenvalue weighted by molar-refractivity contribution is 7.85. The predicted octanol–water partition coefficient (Wildman–Crippen LogP) is 2.57. The molecule has 2 nitrogen and oxygen atoms in total. The van der Waals surface area contributed by atoms with E-state index >= 15 is 0 Å². The van der Waals surface area contributed by atoms with Gasteiger partial charge in [0.05, 0.1) is 4.75 Å². The van der Waals surface area contributed by atoms with Crippen molar-refractivity contribution in [2.45, 2.75) is 46.3 Å². The summed E-state index contributed by atoms with van der Waals surface area (Å²) in [6, 6.07) is 0. The summed E-state index contributed by atoms with van der Waals surface area (Å²) in [6.45, 7) is 11.9. The molecule has 0 aliphatic heterocycles. The van der Waals surface area contributed by atoms with Crippen molar-refractivity contribution in [1.29, 1.82) is 0 Å². The highest BCUT2D eigenvalue weighted by Gasteiger charge is 2.19. The zero-order valence-corrected chi connectivity index (χ0v) is 9.66. The highest BCUT2D eigenvalue weighted by Crippen LogP contribution is 2.14. The molecule has 0 bridgehead atoms. The van der Waals surface area contributed by atoms with Gasteiger partial charge >= 0.3 is 0 Å². The van der Waals surface area contributed by atoms with Crippen LogP contribution >= 0.6 is 0 Å². The Morgan fingerprint density at radius 3 is 1.75 bits per heavy atom. The SMILES string of the molecule is CC(C)(C)/C=N/S(=O)C(C)(C)C. The lowest BCUT2D eigenvalue weighted by atomic mass is 10.00. The van der Waals surface area contributed by atoms with Crippen LogP contribution in [0.3, 0.4) is 0 Å². The van der Waals surface area contributed by atoms with Crippen molar-refractivity contribution in [2.24, 2.45) is 9.81 Å². The molecule has 3 heteroatoms. The van der Waals surface area contributed by atoms with Crippen LogP contribution < -0.4 is 0 Å². The normalized spacial score (nSPS) is 16.8. The second-order valence-electron chi connectivity index (χ2n) is 4.96. The van der Waals surface area contributed by atoms with Crippen LogP contribution in [0.5, 0.6) is 0 Å². The summed E-state index contributed by atoms with van der Waals surface area (Å²) in [5, 5.41) is 0. The first-order valence-corrected chi connectivity index (χ1v) is 5.21. The number of rotatable bonds is 1. The summed E-state index contributed by atoms with van der Waals surface area (Å²) in [4.78, 5) is 0. The first-order valence-electron chi connectivity index (χ1n) is 4.10. The van der Waals surface area contributed by atoms with Gasteiger partial charge in [0.2, 0.25) is 0 Å². The number of nitrogens with zero attached hydrogens (tertiary/aromatic N) is 1. The monoisotopic (exact) mass is 189 g/mol. The van der Waals surface area contributed by atoms with Gasteiger partial charge in [-0.05, 0) is 26.2 Å². The lowest BCUT2D eigenvalue weighted by Crippen LogP contribution is -2.20. The maximum absolute atomic E-state index is 11.4. The summed E-state index contributed by atoms with van der Waals surface area (Å²) in [7, 11) is -1.11. The van der Waals surface area contributed by atoms with E-state index in [4.69, 9.17) is 0 Å². The minimum Gasteiger partial charge on any atom is -0.234 e. The van der Waals surface area contributed by atoms with Crippen LogP contribution in [0.25, 0.3) is 0 Å². The van der Waals surface area contributed by atoms with Crippen LogP contribution in [0.1, 0.15) is 41.5 Å². The fourth-order valence-electron chi connectivity index (χ4n) is 0.364. The Balaban J connectivity index is 4.30. The maximum Gasteiger partial charge on any atom is 0.144 e. The first kappa shape index (κ1) is 11.8. The van der Waals surface area contributed by atoms with E-state index in [9.17, 15) is 4.21 Å². The molecule has 0 aromatic heterocycles. The second-order valence-corrected chi connectivity index (χ2v) is 6.90. The third-order valence-corrected chi connectivity index (χ3v) is 2.40. The van der Waals surface area contributed by atoms with Crippen molar-refractivity contribution in [2.75, 3.05) is 0 Å². The predicted molar refractivity (Wildman–Crippen MR) is 55.8 cm³/mol. The largest absolute Gasteiger partial charge is 0.234 e. The molecule has 0 saturated heterocycles. The molecule has 0 amide bonds. The Morgan fingerprint density at radius 1 is 1.08 bits per heavy atom. The van der Waals surface area contributed by atoms with Crippen LogP contribution in [0.2, 0.25) is 0 Å². The fourth-order valence-corrected chi connectivity index (χ4v) is 1.09. The number of hydrogen-bond acceptors (Lipinski definition) is 1. The molecule has 0 rings (SSSR count). The molecule has 0 saturated carbocycles. The van der Waals surface area contributed by atoms with Gasteiger partial charge in [-0.1, -0.05) is 20.8 Å². The molecule has 12 heavy (non-hydrogen) atoms. The Hall–Kier alpha value is -0.180. The quantitative estimate of drug-likeness (QED) is 0.583. The van der Waals surface area contributed by atoms with Gasteiger partial charge in [0, 0.05) is 6.21 Å². The van der Waals surface area contributed by atoms with E-state index in [-0.39, 0.29) is 10.2 Å². The van der Waals surface area contributed by atoms with Gasteiger partial charge in [0.1, 0.15) is 11.0 Å². The van der Waals surface area contributed by atoms with Gasteiger partial charge < -0.3 is 0 Å². The number of hydrogen-bond donors (Lipinski definition) is 0. The molecule has 0 aliphatic rings. The van der Waals surface area contributed by atoms with Gasteiger partial charge in [-0.15, -0.1) is 0 Å². The molecule has 0 aliphatic carbocycles. The maximum atomic E-state index is 11.4. The topological polar surface area (TPSA) is 29.4 Å². The Kier molecular flexibility index (Phi) is 3.63. The first-order chi connectivity index (χ1) is 5.13. The van der Waals surface area contributed by atoms with Gasteiger partial charge in [-0.3, -0.25) is 0 Å². The van der Waals surface area contributed by atoms with E-state index in [0.717, 1.165) is 0 Å². The van der Waals surface area contributed by atoms with E-state index in [1.54, 1.807) is 6.21 Å². The standard InChI is InChI=1S/C9H19NOS/c1-8(2,3)7-10-12(11)9(4,5)6/h7H,1-6H3/b10-7+. The van der Waals surface area contributed by atoms with Crippen molar-refractivity contribution < 1.29 is 4.21 Å². The lowest BCUT2D eigenvalue weighted by molar-refractivity contribution is 0.606. The third kappa shape index (κ3) is 5.47. The summed E-state index contributed by atoms with van der Waals surface area (Å²) in [5.41, 5.74) is 0.0148. The molecule has 0 fully saturated rings. The average molecular weight is 189 g/mol. The van der Waals surface area contributed by atoms with Gasteiger partial charge in [-0.25, -0.2) is 4.21 Å². The highest BCUT2D eigenvalue weighted by atomic mass is 32.2. The van der Waals surface area contributed by atoms with E-state index in [1.807, 2.05) is 41.5 Å². The third-order valence-electron chi connectivity index (χ3n) is 1.06. The van der Waals surface area contributed by atoms with Crippen LogP contribution in [0.15, 0.2) is 4.40 Å². The molecule has 0 heterocycles. The Labute approximate surface area is 78.1 Å². The minimum atomic E-state index is -1.11. The van der Waals surface area contributed by atoms with E-state index < -0.39 is 11.0 Å². The van der Waals surface area contributed by atoms with E-state index in [0.29, 0.717) is 0 Å². The Bertz CT molecular complexity index is 196. The summed E-state index contributed by atoms with van der Waals surface area (Å²) in [5.74, 6) is 0. The van der Waals surface area contributed by atoms with E-state index in [1.165, 1.54) is 0 Å². The lowest BCUT2D eigenvalue weighted by Gasteiger charge is -2.15. The van der Waals surface area contributed by atoms with Crippen molar-refractivity contribution in [3.8, 4) is 0 Å². The fraction of sp³-hybridized carbons (Fsp3) is 0.889. The molecule has 1 atom stereocenters. The molecule has 0 aromatic rings. The van der Waals surface area contributed by atoms with Crippen molar-refractivity contribution in [1.82, 2.24) is 0 Å². The zero-order chi connectivity index (χ0) is 9.99. The molecular formula is C9H19NOS. The van der Waals surface area contributed by atoms with Gasteiger partial charge in [-0.2, -0.15) is 4.40 Å². The van der Waals surface area contributed by atoms with Crippen molar-refractivity contribution in [3.05, 3.63) is 0 Å². The molecule has 1 unspecified atom stereocenters. The molecular weight excluding hydrogens is 170 g/mol. The van der Waals surface area contributed by atoms with Crippen LogP contribution in [-0.2, 0) is 11.0 Å². The summed E-state index contributed by atoms with van der Waals surface area (Å²) in [6.07, 6.45) is 1.76. The van der Waals surface area contributed by atoms with Crippen LogP contribution in [-0.4, -0.2) is 15.2 Å². The second kappa shape index (κ2) is 3.69. The van der Waals surface area contributed by atoms with Gasteiger partial charge in [0.15, 0.2) is 0 Å². The van der Waals surface area contributed by atoms with Crippen molar-refractivity contribution in [3.63, 3.8) is 0 Å². The molecule has 0 radical (unpaired) electrons. The Morgan fingerprint density at radius 2 is 1.50 bits per heavy atom. The van der Waals surface area contributed by atoms with Crippen molar-refractivity contribution >= 4 is 17.2 Å². The van der Waals surface area contributed by atoms with Gasteiger partial charge in [0.25, 0.3) is 0 Å². The molecule has 72 valence electrons. The van der Waals surface area contributed by atoms with Crippen LogP contribution in [0, 0.1) is 5.41 Å². The van der Waals surface area contributed by atoms with Crippen LogP contribution in [0.4, 0.5) is 0 Å². The smallest absolute Gasteiger partial charge is 0.144 e. The molecule has 0 N–H and O–H groups in total. The minimum absolute atomic E-state index is 0.0148. The molecule has 0 spiro atoms. The zero-order valence-electron chi connectivity index (χ0n) is 8.84. The molecule has 0 aromatic carbocycles. The average Bonchev–Trinajstić information content (AvgIpc) is 1.78. The summed E-state index contributed by atoms with van der Waals surface area (Å²) >= 11 is 0. The summed E-state index contributed by atoms with van der Waals surface area (Å²) < 4.78 is 15.2.